The molecule has 1 atom stereocenters. The SMILES string of the molecule is CC(=O)N[C@@H](CSCC(=O)Nc1c(Br)cc(Br)cc1CN(C)C1CCCCC1)C(=O)O. The smallest absolute Gasteiger partial charge is 0.327 e. The largest absolute Gasteiger partial charge is 0.480 e. The molecule has 7 nitrogen and oxygen atoms in total. The van der Waals surface area contributed by atoms with Crippen LogP contribution in [0.25, 0.3) is 0 Å². The molecule has 0 heterocycles. The number of carboxylic acids is 1. The second kappa shape index (κ2) is 12.8. The third-order valence-electron chi connectivity index (χ3n) is 5.21. The minimum absolute atomic E-state index is 0.0871. The second-order valence-corrected chi connectivity index (χ2v) is 10.6. The number of rotatable bonds is 10. The van der Waals surface area contributed by atoms with Crippen LogP contribution in [0.3, 0.4) is 0 Å². The van der Waals surface area contributed by atoms with Crippen molar-refractivity contribution in [3.05, 3.63) is 26.6 Å². The van der Waals surface area contributed by atoms with Crippen LogP contribution in [-0.4, -0.2) is 58.4 Å². The normalized spacial score (nSPS) is 15.5. The van der Waals surface area contributed by atoms with Gasteiger partial charge in [-0.2, -0.15) is 0 Å². The Kier molecular flexibility index (Phi) is 10.8. The molecule has 1 aromatic carbocycles. The lowest BCUT2D eigenvalue weighted by Crippen LogP contribution is -2.41. The minimum Gasteiger partial charge on any atom is -0.480 e. The number of nitrogens with one attached hydrogen (secondary N) is 2. The summed E-state index contributed by atoms with van der Waals surface area (Å²) in [5, 5.41) is 14.5. The number of aliphatic carboxylic acids is 1. The van der Waals surface area contributed by atoms with Crippen LogP contribution in [-0.2, 0) is 20.9 Å². The summed E-state index contributed by atoms with van der Waals surface area (Å²) in [6.45, 7) is 1.99. The molecular formula is C21H29Br2N3O4S. The van der Waals surface area contributed by atoms with Gasteiger partial charge in [-0.1, -0.05) is 35.2 Å². The molecule has 1 fully saturated rings. The zero-order chi connectivity index (χ0) is 23.0. The van der Waals surface area contributed by atoms with E-state index >= 15 is 0 Å². The van der Waals surface area contributed by atoms with Gasteiger partial charge in [0.25, 0.3) is 0 Å². The monoisotopic (exact) mass is 577 g/mol. The van der Waals surface area contributed by atoms with E-state index in [1.54, 1.807) is 0 Å². The summed E-state index contributed by atoms with van der Waals surface area (Å²) in [5.41, 5.74) is 1.74. The lowest BCUT2D eigenvalue weighted by Gasteiger charge is -2.32. The predicted octanol–water partition coefficient (Wildman–Crippen LogP) is 4.24. The van der Waals surface area contributed by atoms with Gasteiger partial charge in [-0.3, -0.25) is 14.5 Å². The van der Waals surface area contributed by atoms with E-state index in [0.717, 1.165) is 26.7 Å². The average Bonchev–Trinajstić information content (AvgIpc) is 2.70. The first kappa shape index (κ1) is 26.2. The number of carbonyl (C=O) groups excluding carboxylic acids is 2. The summed E-state index contributed by atoms with van der Waals surface area (Å²) in [6, 6.07) is 3.44. The Hall–Kier alpha value is -1.10. The van der Waals surface area contributed by atoms with Gasteiger partial charge in [-0.25, -0.2) is 4.79 Å². The van der Waals surface area contributed by atoms with Gasteiger partial charge >= 0.3 is 5.97 Å². The van der Waals surface area contributed by atoms with Crippen molar-refractivity contribution in [3.8, 4) is 0 Å². The number of carboxylic acid groups (broad SMARTS) is 1. The van der Waals surface area contributed by atoms with Crippen molar-refractivity contribution >= 4 is 67.1 Å². The second-order valence-electron chi connectivity index (χ2n) is 7.78. The molecule has 1 aromatic rings. The summed E-state index contributed by atoms with van der Waals surface area (Å²) in [7, 11) is 2.13. The Balaban J connectivity index is 2.00. The molecule has 0 radical (unpaired) electrons. The van der Waals surface area contributed by atoms with E-state index in [4.69, 9.17) is 5.11 Å². The van der Waals surface area contributed by atoms with Crippen molar-refractivity contribution in [2.75, 3.05) is 23.9 Å². The van der Waals surface area contributed by atoms with E-state index in [-0.39, 0.29) is 17.4 Å². The van der Waals surface area contributed by atoms with Crippen LogP contribution in [0.5, 0.6) is 0 Å². The number of hydrogen-bond donors (Lipinski definition) is 3. The molecule has 0 aliphatic heterocycles. The number of amides is 2. The Bertz CT molecular complexity index is 803. The number of hydrogen-bond acceptors (Lipinski definition) is 5. The molecule has 1 aliphatic carbocycles. The van der Waals surface area contributed by atoms with E-state index in [2.05, 4.69) is 54.4 Å². The van der Waals surface area contributed by atoms with Crippen molar-refractivity contribution in [2.45, 2.75) is 57.7 Å². The van der Waals surface area contributed by atoms with Gasteiger partial charge in [-0.15, -0.1) is 11.8 Å². The fourth-order valence-electron chi connectivity index (χ4n) is 3.68. The molecule has 2 rings (SSSR count). The molecule has 0 unspecified atom stereocenters. The maximum Gasteiger partial charge on any atom is 0.327 e. The molecule has 10 heteroatoms. The fourth-order valence-corrected chi connectivity index (χ4v) is 5.93. The van der Waals surface area contributed by atoms with Crippen molar-refractivity contribution in [3.63, 3.8) is 0 Å². The molecule has 31 heavy (non-hydrogen) atoms. The van der Waals surface area contributed by atoms with E-state index in [0.29, 0.717) is 6.04 Å². The van der Waals surface area contributed by atoms with Crippen molar-refractivity contribution < 1.29 is 19.5 Å². The number of nitrogens with zero attached hydrogens (tertiary/aromatic N) is 1. The number of thioether (sulfide) groups is 1. The van der Waals surface area contributed by atoms with Crippen LogP contribution in [0, 0.1) is 0 Å². The fraction of sp³-hybridized carbons (Fsp3) is 0.571. The maximum absolute atomic E-state index is 12.5. The van der Waals surface area contributed by atoms with E-state index in [1.807, 2.05) is 12.1 Å². The summed E-state index contributed by atoms with van der Waals surface area (Å²) >= 11 is 8.26. The van der Waals surface area contributed by atoms with E-state index in [9.17, 15) is 14.4 Å². The summed E-state index contributed by atoms with van der Waals surface area (Å²) in [5.74, 6) is -1.55. The quantitative estimate of drug-likeness (QED) is 0.384. The Morgan fingerprint density at radius 1 is 1.23 bits per heavy atom. The Labute approximate surface area is 204 Å². The number of anilines is 1. The average molecular weight is 579 g/mol. The van der Waals surface area contributed by atoms with Gasteiger partial charge in [-0.05, 0) is 53.5 Å². The number of carbonyl (C=O) groups is 3. The van der Waals surface area contributed by atoms with Crippen molar-refractivity contribution in [2.24, 2.45) is 0 Å². The molecule has 1 saturated carbocycles. The number of benzene rings is 1. The first-order valence-electron chi connectivity index (χ1n) is 10.2. The molecule has 0 saturated heterocycles. The van der Waals surface area contributed by atoms with Gasteiger partial charge in [0.15, 0.2) is 0 Å². The third kappa shape index (κ3) is 8.75. The van der Waals surface area contributed by atoms with Crippen LogP contribution in [0.4, 0.5) is 5.69 Å². The third-order valence-corrected chi connectivity index (χ3v) is 7.33. The van der Waals surface area contributed by atoms with Gasteiger partial charge in [0, 0.05) is 34.2 Å². The molecule has 0 bridgehead atoms. The van der Waals surface area contributed by atoms with Gasteiger partial charge in [0.1, 0.15) is 6.04 Å². The molecule has 1 aliphatic rings. The van der Waals surface area contributed by atoms with Crippen LogP contribution >= 0.6 is 43.6 Å². The highest BCUT2D eigenvalue weighted by Crippen LogP contribution is 2.33. The highest BCUT2D eigenvalue weighted by molar-refractivity contribution is 9.11. The molecule has 0 aromatic heterocycles. The first-order chi connectivity index (χ1) is 14.7. The lowest BCUT2D eigenvalue weighted by molar-refractivity contribution is -0.140. The van der Waals surface area contributed by atoms with Gasteiger partial charge in [0.05, 0.1) is 11.4 Å². The van der Waals surface area contributed by atoms with Crippen molar-refractivity contribution in [1.82, 2.24) is 10.2 Å². The lowest BCUT2D eigenvalue weighted by atomic mass is 9.94. The molecule has 0 spiro atoms. The van der Waals surface area contributed by atoms with Crippen molar-refractivity contribution in [1.29, 1.82) is 0 Å². The van der Waals surface area contributed by atoms with Crippen LogP contribution in [0.1, 0.15) is 44.6 Å². The van der Waals surface area contributed by atoms with E-state index in [1.165, 1.54) is 50.8 Å². The summed E-state index contributed by atoms with van der Waals surface area (Å²) in [6.07, 6.45) is 6.21. The predicted molar refractivity (Wildman–Crippen MR) is 131 cm³/mol. The molecular weight excluding hydrogens is 550 g/mol. The Morgan fingerprint density at radius 2 is 1.90 bits per heavy atom. The van der Waals surface area contributed by atoms with Crippen LogP contribution in [0.2, 0.25) is 0 Å². The standard InChI is InChI=1S/C21H29Br2N3O4S/c1-13(27)24-18(21(29)30)11-31-12-19(28)25-20-14(8-15(22)9-17(20)23)10-26(2)16-6-4-3-5-7-16/h8-9,16,18H,3-7,10-12H2,1-2H3,(H,24,27)(H,25,28)(H,29,30)/t18-/m0/s1. The highest BCUT2D eigenvalue weighted by Gasteiger charge is 2.22. The zero-order valence-electron chi connectivity index (χ0n) is 17.7. The summed E-state index contributed by atoms with van der Waals surface area (Å²) in [4.78, 5) is 37.2. The Morgan fingerprint density at radius 3 is 2.52 bits per heavy atom. The first-order valence-corrected chi connectivity index (χ1v) is 13.0. The minimum atomic E-state index is -1.12. The molecule has 172 valence electrons. The summed E-state index contributed by atoms with van der Waals surface area (Å²) < 4.78 is 1.72. The van der Waals surface area contributed by atoms with Gasteiger partial charge in [0.2, 0.25) is 11.8 Å². The topological polar surface area (TPSA) is 98.7 Å². The van der Waals surface area contributed by atoms with Crippen LogP contribution in [0.15, 0.2) is 21.1 Å². The number of halogens is 2. The maximum atomic E-state index is 12.5. The van der Waals surface area contributed by atoms with E-state index < -0.39 is 17.9 Å². The van der Waals surface area contributed by atoms with Crippen LogP contribution < -0.4 is 10.6 Å². The molecule has 3 N–H and O–H groups in total. The highest BCUT2D eigenvalue weighted by atomic mass is 79.9. The molecule has 2 amide bonds. The zero-order valence-corrected chi connectivity index (χ0v) is 21.7. The van der Waals surface area contributed by atoms with Gasteiger partial charge < -0.3 is 15.7 Å².